The fourth-order valence-corrected chi connectivity index (χ4v) is 8.52. The number of ether oxygens (including phenoxy) is 2. The highest BCUT2D eigenvalue weighted by Gasteiger charge is 2.54. The highest BCUT2D eigenvalue weighted by atomic mass is 19.3. The minimum Gasteiger partial charge on any atom is -0.508 e. The van der Waals surface area contributed by atoms with Crippen LogP contribution in [0.25, 0.3) is 33.5 Å². The molecule has 382 valence electrons. The predicted octanol–water partition coefficient (Wildman–Crippen LogP) is 9.10. The average Bonchev–Trinajstić information content (AvgIpc) is 4.15. The Hall–Kier alpha value is -7.86. The smallest absolute Gasteiger partial charge is 0.508 e. The number of nitrogen functional groups attached to an aromatic ring is 1. The standard InChI is InChI=1S/C36H44F2N6O5.C19H17N3O2/c1-24-13-16-29(44-34(47)35(18-19-35)28-15-14-27-33(42-28)49-36(37,38)48-27)43-31(24)25-11-10-12-26(23-25)32(46)41-21-9-7-5-3-4-6-8-20-40-30(45)17-22-39-2;1-2-16-17(13-3-6-14(11-23)21-9-13)10-22-19(20)18(16)12-4-7-15(24)8-5-12/h10-16,23,39H,3-9,17-22H2,1-2H3,(H,40,45)(H,41,46)(H,43,44,47);3-11,24H,2H2,1H3,(H2,20,22). The summed E-state index contributed by atoms with van der Waals surface area (Å²) in [6, 6.07) is 24.0. The van der Waals surface area contributed by atoms with Crippen molar-refractivity contribution in [3.05, 3.63) is 125 Å². The van der Waals surface area contributed by atoms with Gasteiger partial charge in [0.15, 0.2) is 12.0 Å². The third-order valence-corrected chi connectivity index (χ3v) is 12.7. The van der Waals surface area contributed by atoms with Crippen LogP contribution in [0.4, 0.5) is 20.4 Å². The van der Waals surface area contributed by atoms with Gasteiger partial charge < -0.3 is 41.6 Å². The first-order chi connectivity index (χ1) is 35.2. The van der Waals surface area contributed by atoms with Gasteiger partial charge in [-0.2, -0.15) is 0 Å². The van der Waals surface area contributed by atoms with E-state index in [2.05, 4.69) is 52.6 Å². The van der Waals surface area contributed by atoms with Crippen LogP contribution in [-0.4, -0.2) is 82.0 Å². The molecular weight excluding hydrogens is 937 g/mol. The van der Waals surface area contributed by atoms with Crippen LogP contribution in [0.5, 0.6) is 17.4 Å². The Kier molecular flexibility index (Phi) is 17.8. The molecule has 4 aromatic heterocycles. The lowest BCUT2D eigenvalue weighted by Crippen LogP contribution is -2.29. The van der Waals surface area contributed by atoms with E-state index in [1.54, 1.807) is 54.9 Å². The Morgan fingerprint density at radius 2 is 1.51 bits per heavy atom. The summed E-state index contributed by atoms with van der Waals surface area (Å²) >= 11 is 0. The first-order valence-corrected chi connectivity index (χ1v) is 24.6. The summed E-state index contributed by atoms with van der Waals surface area (Å²) in [4.78, 5) is 66.0. The molecule has 2 aromatic carbocycles. The number of aldehydes is 1. The maximum atomic E-state index is 13.5. The molecule has 7 N–H and O–H groups in total. The van der Waals surface area contributed by atoms with Gasteiger partial charge in [0.25, 0.3) is 11.8 Å². The zero-order valence-corrected chi connectivity index (χ0v) is 41.2. The van der Waals surface area contributed by atoms with Crippen LogP contribution in [0, 0.1) is 6.92 Å². The minimum atomic E-state index is -3.79. The molecule has 8 rings (SSSR count). The van der Waals surface area contributed by atoms with Crippen LogP contribution >= 0.6 is 0 Å². The normalized spacial score (nSPS) is 13.5. The van der Waals surface area contributed by atoms with Crippen LogP contribution in [0.2, 0.25) is 0 Å². The molecule has 0 radical (unpaired) electrons. The van der Waals surface area contributed by atoms with E-state index in [-0.39, 0.29) is 35.1 Å². The average molecular weight is 998 g/mol. The summed E-state index contributed by atoms with van der Waals surface area (Å²) in [5.41, 5.74) is 13.2. The van der Waals surface area contributed by atoms with Gasteiger partial charge in [-0.05, 0) is 111 Å². The summed E-state index contributed by atoms with van der Waals surface area (Å²) < 4.78 is 35.9. The van der Waals surface area contributed by atoms with E-state index in [0.29, 0.717) is 72.9 Å². The van der Waals surface area contributed by atoms with Crippen molar-refractivity contribution in [2.24, 2.45) is 0 Å². The number of aryl methyl sites for hydroxylation is 1. The first kappa shape index (κ1) is 53.0. The number of nitrogens with zero attached hydrogens (tertiary/aromatic N) is 4. The second kappa shape index (κ2) is 24.5. The highest BCUT2D eigenvalue weighted by molar-refractivity contribution is 6.01. The zero-order valence-electron chi connectivity index (χ0n) is 41.2. The Balaban J connectivity index is 0.000000270. The number of halogens is 2. The second-order valence-electron chi connectivity index (χ2n) is 18.0. The number of amides is 3. The molecule has 0 bridgehead atoms. The maximum Gasteiger partial charge on any atom is 0.587 e. The van der Waals surface area contributed by atoms with Crippen molar-refractivity contribution < 1.29 is 42.5 Å². The maximum absolute atomic E-state index is 13.5. The molecule has 73 heavy (non-hydrogen) atoms. The van der Waals surface area contributed by atoms with Gasteiger partial charge in [0.1, 0.15) is 23.1 Å². The van der Waals surface area contributed by atoms with Crippen LogP contribution in [-0.2, 0) is 21.4 Å². The molecule has 1 fully saturated rings. The van der Waals surface area contributed by atoms with Crippen LogP contribution in [0.15, 0.2) is 97.3 Å². The number of carbonyl (C=O) groups excluding carboxylic acids is 4. The molecule has 0 spiro atoms. The van der Waals surface area contributed by atoms with Crippen molar-refractivity contribution in [3.8, 4) is 50.9 Å². The van der Waals surface area contributed by atoms with Gasteiger partial charge in [0, 0.05) is 66.3 Å². The van der Waals surface area contributed by atoms with Gasteiger partial charge in [-0.3, -0.25) is 24.2 Å². The molecule has 0 saturated heterocycles. The molecule has 0 atom stereocenters. The number of unbranched alkanes of at least 4 members (excludes halogenated alkanes) is 6. The van der Waals surface area contributed by atoms with E-state index < -0.39 is 11.7 Å². The molecule has 1 aliphatic carbocycles. The van der Waals surface area contributed by atoms with Crippen LogP contribution in [0.1, 0.15) is 109 Å². The number of carbonyl (C=O) groups is 4. The number of aromatic hydroxyl groups is 1. The van der Waals surface area contributed by atoms with Crippen molar-refractivity contribution >= 4 is 35.6 Å². The number of hydrogen-bond donors (Lipinski definition) is 6. The molecule has 1 aliphatic heterocycles. The molecular formula is C55H61F2N9O7. The number of pyridine rings is 4. The Morgan fingerprint density at radius 1 is 0.795 bits per heavy atom. The number of benzene rings is 2. The fraction of sp³-hybridized carbons (Fsp3) is 0.345. The number of alkyl halides is 2. The molecule has 2 aliphatic rings. The largest absolute Gasteiger partial charge is 0.587 e. The third kappa shape index (κ3) is 13.8. The van der Waals surface area contributed by atoms with Crippen molar-refractivity contribution in [1.82, 2.24) is 35.9 Å². The summed E-state index contributed by atoms with van der Waals surface area (Å²) in [6.07, 6.45) is 9.95. The Bertz CT molecular complexity index is 2900. The number of fused-ring (bicyclic) bond motifs is 1. The van der Waals surface area contributed by atoms with Gasteiger partial charge in [-0.15, -0.1) is 8.78 Å². The number of phenols is 1. The van der Waals surface area contributed by atoms with E-state index in [0.717, 1.165) is 96.9 Å². The van der Waals surface area contributed by atoms with E-state index >= 15 is 0 Å². The lowest BCUT2D eigenvalue weighted by molar-refractivity contribution is -0.287. The Morgan fingerprint density at radius 3 is 2.18 bits per heavy atom. The lowest BCUT2D eigenvalue weighted by Gasteiger charge is -2.16. The van der Waals surface area contributed by atoms with E-state index in [4.69, 9.17) is 10.7 Å². The van der Waals surface area contributed by atoms with Crippen molar-refractivity contribution in [2.45, 2.75) is 96.2 Å². The van der Waals surface area contributed by atoms with E-state index in [1.807, 2.05) is 44.3 Å². The number of hydrogen-bond acceptors (Lipinski definition) is 13. The lowest BCUT2D eigenvalue weighted by atomic mass is 9.92. The van der Waals surface area contributed by atoms with Crippen molar-refractivity contribution in [1.29, 1.82) is 0 Å². The molecule has 6 aromatic rings. The fourth-order valence-electron chi connectivity index (χ4n) is 8.52. The van der Waals surface area contributed by atoms with Crippen LogP contribution < -0.4 is 36.5 Å². The predicted molar refractivity (Wildman–Crippen MR) is 274 cm³/mol. The summed E-state index contributed by atoms with van der Waals surface area (Å²) in [5.74, 6) is 0.0328. The molecule has 1 saturated carbocycles. The highest BCUT2D eigenvalue weighted by Crippen LogP contribution is 2.50. The second-order valence-corrected chi connectivity index (χ2v) is 18.0. The summed E-state index contributed by atoms with van der Waals surface area (Å²) in [5, 5.41) is 21.3. The van der Waals surface area contributed by atoms with Gasteiger partial charge >= 0.3 is 6.29 Å². The molecule has 18 heteroatoms. The Labute approximate surface area is 423 Å². The van der Waals surface area contributed by atoms with Crippen LogP contribution in [0.3, 0.4) is 0 Å². The minimum absolute atomic E-state index is 0.0900. The molecule has 0 unspecified atom stereocenters. The number of nitrogens with one attached hydrogen (secondary N) is 4. The monoisotopic (exact) mass is 997 g/mol. The SMILES string of the molecule is CCc1c(-c2ccc(C=O)nc2)cnc(N)c1-c1ccc(O)cc1.CNCCC(=O)NCCCCCCCCCNC(=O)c1cccc(-c2nc(NC(=O)C3(c4ccc5c(n4)OC(F)(F)O5)CC3)ccc2C)c1. The summed E-state index contributed by atoms with van der Waals surface area (Å²) in [7, 11) is 1.83. The molecule has 5 heterocycles. The van der Waals surface area contributed by atoms with E-state index in [9.17, 15) is 33.1 Å². The molecule has 3 amide bonds. The van der Waals surface area contributed by atoms with Gasteiger partial charge in [-0.25, -0.2) is 15.0 Å². The van der Waals surface area contributed by atoms with Crippen molar-refractivity contribution in [2.75, 3.05) is 37.7 Å². The number of phenolic OH excluding ortho intramolecular Hbond substituents is 1. The third-order valence-electron chi connectivity index (χ3n) is 12.7. The van der Waals surface area contributed by atoms with Crippen molar-refractivity contribution in [3.63, 3.8) is 0 Å². The number of rotatable bonds is 22. The number of aromatic nitrogens is 4. The topological polar surface area (TPSA) is 233 Å². The van der Waals surface area contributed by atoms with Gasteiger partial charge in [0.05, 0.1) is 16.8 Å². The van der Waals surface area contributed by atoms with Gasteiger partial charge in [-0.1, -0.05) is 75.4 Å². The number of anilines is 2. The van der Waals surface area contributed by atoms with E-state index in [1.165, 1.54) is 12.1 Å². The number of nitrogens with two attached hydrogens (primary N) is 1. The zero-order chi connectivity index (χ0) is 52.0. The summed E-state index contributed by atoms with van der Waals surface area (Å²) in [6.45, 7) is 5.96. The quantitative estimate of drug-likeness (QED) is 0.0276. The first-order valence-electron chi connectivity index (χ1n) is 24.6. The van der Waals surface area contributed by atoms with Gasteiger partial charge in [0.2, 0.25) is 11.8 Å². The molecule has 16 nitrogen and oxygen atoms in total.